The minimum atomic E-state index is 0.199. The lowest BCUT2D eigenvalue weighted by atomic mass is 10.0. The first-order chi connectivity index (χ1) is 9.51. The highest BCUT2D eigenvalue weighted by molar-refractivity contribution is 7.12. The summed E-state index contributed by atoms with van der Waals surface area (Å²) in [5, 5.41) is 3.41. The summed E-state index contributed by atoms with van der Waals surface area (Å²) in [5.41, 5.74) is 2.60. The predicted octanol–water partition coefficient (Wildman–Crippen LogP) is 4.46. The number of nitrogens with one attached hydrogen (secondary N) is 1. The number of benzene rings is 1. The summed E-state index contributed by atoms with van der Waals surface area (Å²) in [6, 6.07) is 10.9. The van der Waals surface area contributed by atoms with Gasteiger partial charge in [-0.3, -0.25) is 0 Å². The Bertz CT molecular complexity index is 555. The molecule has 1 N–H and O–H groups in total. The number of ether oxygens (including phenoxy) is 1. The Morgan fingerprint density at radius 1 is 1.15 bits per heavy atom. The number of rotatable bonds is 5. The van der Waals surface area contributed by atoms with Gasteiger partial charge in [-0.05, 0) is 64.1 Å². The van der Waals surface area contributed by atoms with Gasteiger partial charge < -0.3 is 10.1 Å². The minimum absolute atomic E-state index is 0.199. The molecule has 3 heteroatoms. The van der Waals surface area contributed by atoms with Crippen molar-refractivity contribution in [2.75, 3.05) is 7.05 Å². The van der Waals surface area contributed by atoms with Gasteiger partial charge in [0.15, 0.2) is 0 Å². The van der Waals surface area contributed by atoms with Gasteiger partial charge in [0, 0.05) is 9.75 Å². The van der Waals surface area contributed by atoms with Crippen molar-refractivity contribution in [3.8, 4) is 5.75 Å². The van der Waals surface area contributed by atoms with E-state index in [2.05, 4.69) is 43.4 Å². The van der Waals surface area contributed by atoms with Gasteiger partial charge in [-0.25, -0.2) is 0 Å². The zero-order chi connectivity index (χ0) is 14.7. The Hall–Kier alpha value is -1.32. The lowest BCUT2D eigenvalue weighted by Gasteiger charge is -2.17. The maximum Gasteiger partial charge on any atom is 0.120 e. The van der Waals surface area contributed by atoms with Gasteiger partial charge in [0.1, 0.15) is 5.75 Å². The summed E-state index contributed by atoms with van der Waals surface area (Å²) in [5.74, 6) is 0.933. The molecule has 0 aliphatic carbocycles. The normalized spacial score (nSPS) is 12.7. The molecule has 20 heavy (non-hydrogen) atoms. The van der Waals surface area contributed by atoms with Crippen LogP contribution >= 0.6 is 11.3 Å². The molecule has 2 aromatic rings. The molecular weight excluding hydrogens is 266 g/mol. The minimum Gasteiger partial charge on any atom is -0.491 e. The third-order valence-corrected chi connectivity index (χ3v) is 4.54. The van der Waals surface area contributed by atoms with E-state index in [9.17, 15) is 0 Å². The van der Waals surface area contributed by atoms with Gasteiger partial charge in [0.05, 0.1) is 12.1 Å². The molecule has 0 aliphatic rings. The molecule has 1 unspecified atom stereocenters. The van der Waals surface area contributed by atoms with Crippen molar-refractivity contribution < 1.29 is 4.74 Å². The van der Waals surface area contributed by atoms with Crippen LogP contribution in [0.25, 0.3) is 0 Å². The maximum atomic E-state index is 5.79. The van der Waals surface area contributed by atoms with Crippen LogP contribution in [0.15, 0.2) is 30.3 Å². The standard InChI is InChI=1S/C17H23NOS/c1-11(2)19-15-8-6-7-14(10-15)17(18-5)16-9-12(3)13(4)20-16/h6-11,17-18H,1-5H3. The predicted molar refractivity (Wildman–Crippen MR) is 86.9 cm³/mol. The molecule has 0 fully saturated rings. The molecule has 0 amide bonds. The molecule has 0 saturated carbocycles. The van der Waals surface area contributed by atoms with Crippen molar-refractivity contribution >= 4 is 11.3 Å². The highest BCUT2D eigenvalue weighted by atomic mass is 32.1. The van der Waals surface area contributed by atoms with Crippen molar-refractivity contribution in [1.29, 1.82) is 0 Å². The maximum absolute atomic E-state index is 5.79. The lowest BCUT2D eigenvalue weighted by Crippen LogP contribution is -2.16. The SMILES string of the molecule is CNC(c1cccc(OC(C)C)c1)c1cc(C)c(C)s1. The Labute approximate surface area is 125 Å². The van der Waals surface area contributed by atoms with E-state index in [1.54, 1.807) is 0 Å². The van der Waals surface area contributed by atoms with E-state index >= 15 is 0 Å². The molecule has 0 saturated heterocycles. The van der Waals surface area contributed by atoms with Gasteiger partial charge in [0.2, 0.25) is 0 Å². The van der Waals surface area contributed by atoms with Gasteiger partial charge in [-0.2, -0.15) is 0 Å². The van der Waals surface area contributed by atoms with Crippen LogP contribution in [0.1, 0.15) is 40.8 Å². The van der Waals surface area contributed by atoms with E-state index < -0.39 is 0 Å². The smallest absolute Gasteiger partial charge is 0.120 e. The first kappa shape index (κ1) is 15.1. The van der Waals surface area contributed by atoms with Crippen molar-refractivity contribution in [1.82, 2.24) is 5.32 Å². The van der Waals surface area contributed by atoms with Gasteiger partial charge in [-0.1, -0.05) is 12.1 Å². The van der Waals surface area contributed by atoms with Crippen LogP contribution in [0.4, 0.5) is 0 Å². The fourth-order valence-electron chi connectivity index (χ4n) is 2.26. The number of thiophene rings is 1. The Morgan fingerprint density at radius 2 is 1.90 bits per heavy atom. The van der Waals surface area contributed by atoms with Crippen LogP contribution in [-0.4, -0.2) is 13.2 Å². The van der Waals surface area contributed by atoms with E-state index in [0.29, 0.717) is 0 Å². The molecule has 1 aromatic carbocycles. The Kier molecular flexibility index (Phi) is 4.84. The zero-order valence-electron chi connectivity index (χ0n) is 12.9. The molecule has 0 bridgehead atoms. The highest BCUT2D eigenvalue weighted by Crippen LogP contribution is 2.32. The topological polar surface area (TPSA) is 21.3 Å². The quantitative estimate of drug-likeness (QED) is 0.877. The average Bonchev–Trinajstić information content (AvgIpc) is 2.70. The number of aryl methyl sites for hydroxylation is 2. The van der Waals surface area contributed by atoms with E-state index in [0.717, 1.165) is 5.75 Å². The zero-order valence-corrected chi connectivity index (χ0v) is 13.7. The molecule has 0 aliphatic heterocycles. The summed E-state index contributed by atoms with van der Waals surface area (Å²) in [6.07, 6.45) is 0.199. The van der Waals surface area contributed by atoms with Crippen molar-refractivity contribution in [2.45, 2.75) is 39.8 Å². The average molecular weight is 289 g/mol. The summed E-state index contributed by atoms with van der Waals surface area (Å²) in [7, 11) is 2.00. The molecule has 0 radical (unpaired) electrons. The van der Waals surface area contributed by atoms with E-state index in [1.165, 1.54) is 20.9 Å². The highest BCUT2D eigenvalue weighted by Gasteiger charge is 2.16. The first-order valence-corrected chi connectivity index (χ1v) is 7.83. The van der Waals surface area contributed by atoms with Crippen molar-refractivity contribution in [2.24, 2.45) is 0 Å². The molecule has 2 nitrogen and oxygen atoms in total. The lowest BCUT2D eigenvalue weighted by molar-refractivity contribution is 0.242. The summed E-state index contributed by atoms with van der Waals surface area (Å²) in [4.78, 5) is 2.74. The third-order valence-electron chi connectivity index (χ3n) is 3.32. The van der Waals surface area contributed by atoms with Crippen molar-refractivity contribution in [3.05, 3.63) is 51.2 Å². The third kappa shape index (κ3) is 3.41. The van der Waals surface area contributed by atoms with Gasteiger partial charge in [0.25, 0.3) is 0 Å². The van der Waals surface area contributed by atoms with Crippen LogP contribution in [-0.2, 0) is 0 Å². The largest absolute Gasteiger partial charge is 0.491 e. The summed E-state index contributed by atoms with van der Waals surface area (Å²) >= 11 is 1.86. The van der Waals surface area contributed by atoms with Gasteiger partial charge >= 0.3 is 0 Å². The second-order valence-corrected chi connectivity index (χ2v) is 6.64. The molecule has 2 rings (SSSR count). The van der Waals surface area contributed by atoms with Crippen LogP contribution in [0.3, 0.4) is 0 Å². The number of hydrogen-bond donors (Lipinski definition) is 1. The fraction of sp³-hybridized carbons (Fsp3) is 0.412. The van der Waals surface area contributed by atoms with E-state index in [4.69, 9.17) is 4.74 Å². The van der Waals surface area contributed by atoms with Crippen LogP contribution < -0.4 is 10.1 Å². The van der Waals surface area contributed by atoms with Crippen molar-refractivity contribution in [3.63, 3.8) is 0 Å². The fourth-order valence-corrected chi connectivity index (χ4v) is 3.44. The molecule has 0 spiro atoms. The number of hydrogen-bond acceptors (Lipinski definition) is 3. The summed E-state index contributed by atoms with van der Waals surface area (Å²) in [6.45, 7) is 8.44. The molecule has 1 heterocycles. The van der Waals surface area contributed by atoms with Crippen LogP contribution in [0.5, 0.6) is 5.75 Å². The molecular formula is C17H23NOS. The molecule has 108 valence electrons. The van der Waals surface area contributed by atoms with E-state index in [-0.39, 0.29) is 12.1 Å². The van der Waals surface area contributed by atoms with Gasteiger partial charge in [-0.15, -0.1) is 11.3 Å². The Balaban J connectivity index is 2.31. The summed E-state index contributed by atoms with van der Waals surface area (Å²) < 4.78 is 5.79. The second-order valence-electron chi connectivity index (χ2n) is 5.35. The van der Waals surface area contributed by atoms with E-state index in [1.807, 2.05) is 38.3 Å². The Morgan fingerprint density at radius 3 is 2.45 bits per heavy atom. The monoisotopic (exact) mass is 289 g/mol. The van der Waals surface area contributed by atoms with Crippen LogP contribution in [0.2, 0.25) is 0 Å². The molecule has 1 aromatic heterocycles. The van der Waals surface area contributed by atoms with Crippen LogP contribution in [0, 0.1) is 13.8 Å². The molecule has 1 atom stereocenters. The second kappa shape index (κ2) is 6.42. The first-order valence-electron chi connectivity index (χ1n) is 7.02.